The number of nitrogens with zero attached hydrogens (tertiary/aromatic N) is 2. The molecule has 3 nitrogen and oxygen atoms in total. The van der Waals surface area contributed by atoms with Crippen molar-refractivity contribution in [3.8, 4) is 0 Å². The number of nitrogens with two attached hydrogens (primary N) is 1. The van der Waals surface area contributed by atoms with Crippen molar-refractivity contribution in [2.45, 2.75) is 12.3 Å². The Morgan fingerprint density at radius 1 is 1.18 bits per heavy atom. The van der Waals surface area contributed by atoms with Crippen molar-refractivity contribution in [2.75, 3.05) is 0 Å². The molecule has 90 valence electrons. The molecule has 0 fully saturated rings. The van der Waals surface area contributed by atoms with E-state index in [1.54, 1.807) is 18.5 Å². The van der Waals surface area contributed by atoms with Gasteiger partial charge in [0.1, 0.15) is 6.17 Å². The van der Waals surface area contributed by atoms with E-state index >= 15 is 0 Å². The van der Waals surface area contributed by atoms with Gasteiger partial charge >= 0.3 is 6.18 Å². The van der Waals surface area contributed by atoms with Crippen molar-refractivity contribution in [3.05, 3.63) is 53.9 Å². The summed E-state index contributed by atoms with van der Waals surface area (Å²) in [6.07, 6.45) is -1.69. The quantitative estimate of drug-likeness (QED) is 0.877. The van der Waals surface area contributed by atoms with Gasteiger partial charge in [-0.2, -0.15) is 18.3 Å². The first kappa shape index (κ1) is 11.7. The molecule has 0 aliphatic carbocycles. The number of aromatic nitrogens is 2. The summed E-state index contributed by atoms with van der Waals surface area (Å²) in [5.74, 6) is 0. The molecular weight excluding hydrogens is 231 g/mol. The lowest BCUT2D eigenvalue weighted by Crippen LogP contribution is -2.20. The fraction of sp³-hybridized carbons (Fsp3) is 0.182. The predicted molar refractivity (Wildman–Crippen MR) is 56.0 cm³/mol. The van der Waals surface area contributed by atoms with Crippen LogP contribution in [-0.2, 0) is 6.18 Å². The molecule has 2 rings (SSSR count). The van der Waals surface area contributed by atoms with Gasteiger partial charge in [-0.05, 0) is 23.8 Å². The van der Waals surface area contributed by atoms with E-state index in [0.29, 0.717) is 5.56 Å². The predicted octanol–water partition coefficient (Wildman–Crippen LogP) is 2.41. The van der Waals surface area contributed by atoms with Crippen molar-refractivity contribution in [1.29, 1.82) is 0 Å². The topological polar surface area (TPSA) is 43.8 Å². The van der Waals surface area contributed by atoms with Gasteiger partial charge in [0, 0.05) is 12.4 Å². The van der Waals surface area contributed by atoms with Crippen LogP contribution in [0.4, 0.5) is 13.2 Å². The Labute approximate surface area is 95.7 Å². The van der Waals surface area contributed by atoms with E-state index in [2.05, 4.69) is 5.10 Å². The first-order valence-electron chi connectivity index (χ1n) is 4.90. The first-order chi connectivity index (χ1) is 7.98. The van der Waals surface area contributed by atoms with Gasteiger partial charge in [0.15, 0.2) is 0 Å². The van der Waals surface area contributed by atoms with Crippen molar-refractivity contribution in [1.82, 2.24) is 9.78 Å². The molecule has 0 aliphatic heterocycles. The largest absolute Gasteiger partial charge is 0.416 e. The third-order valence-corrected chi connectivity index (χ3v) is 2.39. The first-order valence-corrected chi connectivity index (χ1v) is 4.90. The molecular formula is C11H10F3N3. The summed E-state index contributed by atoms with van der Waals surface area (Å²) >= 11 is 0. The third kappa shape index (κ3) is 2.47. The highest BCUT2D eigenvalue weighted by molar-refractivity contribution is 5.26. The number of hydrogen-bond acceptors (Lipinski definition) is 2. The van der Waals surface area contributed by atoms with Gasteiger partial charge in [0.2, 0.25) is 0 Å². The van der Waals surface area contributed by atoms with Gasteiger partial charge in [-0.3, -0.25) is 4.68 Å². The highest BCUT2D eigenvalue weighted by atomic mass is 19.4. The van der Waals surface area contributed by atoms with Crippen LogP contribution in [0.5, 0.6) is 0 Å². The minimum absolute atomic E-state index is 0.571. The third-order valence-electron chi connectivity index (χ3n) is 2.39. The van der Waals surface area contributed by atoms with Crippen LogP contribution < -0.4 is 5.73 Å². The minimum atomic E-state index is -4.33. The summed E-state index contributed by atoms with van der Waals surface area (Å²) < 4.78 is 38.5. The van der Waals surface area contributed by atoms with Crippen LogP contribution in [0.25, 0.3) is 0 Å². The zero-order valence-electron chi connectivity index (χ0n) is 8.72. The molecule has 1 heterocycles. The number of rotatable bonds is 2. The Hall–Kier alpha value is -1.82. The zero-order valence-corrected chi connectivity index (χ0v) is 8.72. The summed E-state index contributed by atoms with van der Waals surface area (Å²) in [6.45, 7) is 0. The molecule has 2 aromatic rings. The van der Waals surface area contributed by atoms with Crippen molar-refractivity contribution < 1.29 is 13.2 Å². The average molecular weight is 241 g/mol. The van der Waals surface area contributed by atoms with Crippen LogP contribution in [0.15, 0.2) is 42.7 Å². The van der Waals surface area contributed by atoms with Gasteiger partial charge in [-0.1, -0.05) is 12.1 Å². The Morgan fingerprint density at radius 2 is 1.82 bits per heavy atom. The lowest BCUT2D eigenvalue weighted by atomic mass is 10.1. The van der Waals surface area contributed by atoms with E-state index < -0.39 is 17.9 Å². The molecule has 1 atom stereocenters. The van der Waals surface area contributed by atoms with E-state index in [9.17, 15) is 13.2 Å². The summed E-state index contributed by atoms with van der Waals surface area (Å²) in [5.41, 5.74) is 5.72. The molecule has 0 amide bonds. The molecule has 1 unspecified atom stereocenters. The molecule has 0 saturated carbocycles. The monoisotopic (exact) mass is 241 g/mol. The van der Waals surface area contributed by atoms with Gasteiger partial charge in [-0.15, -0.1) is 0 Å². The fourth-order valence-corrected chi connectivity index (χ4v) is 1.47. The lowest BCUT2D eigenvalue weighted by molar-refractivity contribution is -0.137. The number of alkyl halides is 3. The van der Waals surface area contributed by atoms with Crippen LogP contribution in [-0.4, -0.2) is 9.78 Å². The number of halogens is 3. The second kappa shape index (κ2) is 4.21. The fourth-order valence-electron chi connectivity index (χ4n) is 1.47. The van der Waals surface area contributed by atoms with Crippen LogP contribution in [0.1, 0.15) is 17.3 Å². The molecule has 0 bridgehead atoms. The Balaban J connectivity index is 2.24. The van der Waals surface area contributed by atoms with Crippen LogP contribution in [0.3, 0.4) is 0 Å². The van der Waals surface area contributed by atoms with Crippen LogP contribution in [0, 0.1) is 0 Å². The van der Waals surface area contributed by atoms with E-state index in [1.165, 1.54) is 16.8 Å². The number of hydrogen-bond donors (Lipinski definition) is 1. The van der Waals surface area contributed by atoms with E-state index in [0.717, 1.165) is 12.1 Å². The van der Waals surface area contributed by atoms with Gasteiger partial charge < -0.3 is 5.73 Å². The summed E-state index contributed by atoms with van der Waals surface area (Å²) in [6, 6.07) is 6.44. The second-order valence-corrected chi connectivity index (χ2v) is 3.55. The molecule has 0 aliphatic rings. The molecule has 17 heavy (non-hydrogen) atoms. The molecule has 0 spiro atoms. The lowest BCUT2D eigenvalue weighted by Gasteiger charge is -2.13. The summed E-state index contributed by atoms with van der Waals surface area (Å²) in [5, 5.41) is 3.93. The maximum absolute atomic E-state index is 12.3. The van der Waals surface area contributed by atoms with E-state index in [-0.39, 0.29) is 0 Å². The molecule has 0 radical (unpaired) electrons. The molecule has 1 aromatic heterocycles. The molecule has 6 heteroatoms. The molecule has 1 aromatic carbocycles. The summed E-state index contributed by atoms with van der Waals surface area (Å²) in [7, 11) is 0. The van der Waals surface area contributed by atoms with Crippen LogP contribution in [0.2, 0.25) is 0 Å². The smallest absolute Gasteiger partial charge is 0.306 e. The highest BCUT2D eigenvalue weighted by Crippen LogP contribution is 2.29. The molecule has 2 N–H and O–H groups in total. The van der Waals surface area contributed by atoms with E-state index in [1.807, 2.05) is 0 Å². The van der Waals surface area contributed by atoms with Crippen LogP contribution >= 0.6 is 0 Å². The van der Waals surface area contributed by atoms with Gasteiger partial charge in [-0.25, -0.2) is 0 Å². The maximum Gasteiger partial charge on any atom is 0.416 e. The van der Waals surface area contributed by atoms with Gasteiger partial charge in [0.05, 0.1) is 5.56 Å². The number of benzene rings is 1. The Morgan fingerprint density at radius 3 is 2.29 bits per heavy atom. The van der Waals surface area contributed by atoms with E-state index in [4.69, 9.17) is 5.73 Å². The standard InChI is InChI=1S/C11H10F3N3/c12-11(13,14)9-4-2-8(3-5-9)10(15)17-7-1-6-16-17/h1-7,10H,15H2. The van der Waals surface area contributed by atoms with Crippen molar-refractivity contribution in [3.63, 3.8) is 0 Å². The zero-order chi connectivity index (χ0) is 12.5. The molecule has 0 saturated heterocycles. The average Bonchev–Trinajstić information content (AvgIpc) is 2.80. The van der Waals surface area contributed by atoms with Gasteiger partial charge in [0.25, 0.3) is 0 Å². The minimum Gasteiger partial charge on any atom is -0.306 e. The van der Waals surface area contributed by atoms with Crippen molar-refractivity contribution >= 4 is 0 Å². The van der Waals surface area contributed by atoms with Crippen molar-refractivity contribution in [2.24, 2.45) is 5.73 Å². The maximum atomic E-state index is 12.3. The normalized spacial score (nSPS) is 13.6. The summed E-state index contributed by atoms with van der Waals surface area (Å²) in [4.78, 5) is 0. The SMILES string of the molecule is NC(c1ccc(C(F)(F)F)cc1)n1cccn1. The Kier molecular flexibility index (Phi) is 2.89. The second-order valence-electron chi connectivity index (χ2n) is 3.55. The highest BCUT2D eigenvalue weighted by Gasteiger charge is 2.30. The Bertz CT molecular complexity index is 474.